The molecule has 1 unspecified atom stereocenters. The van der Waals surface area contributed by atoms with Crippen LogP contribution in [0, 0.1) is 0 Å². The van der Waals surface area contributed by atoms with Crippen LogP contribution in [0.5, 0.6) is 0 Å². The molecule has 0 aromatic heterocycles. The van der Waals surface area contributed by atoms with Crippen molar-refractivity contribution in [2.45, 2.75) is 44.8 Å². The van der Waals surface area contributed by atoms with Crippen molar-refractivity contribution in [2.24, 2.45) is 0 Å². The van der Waals surface area contributed by atoms with Gasteiger partial charge in [0.05, 0.1) is 11.7 Å². The maximum Gasteiger partial charge on any atom is 0.253 e. The van der Waals surface area contributed by atoms with Gasteiger partial charge in [0, 0.05) is 44.0 Å². The van der Waals surface area contributed by atoms with Crippen LogP contribution in [0.1, 0.15) is 46.3 Å². The topological polar surface area (TPSA) is 70.7 Å². The molecule has 5 rings (SSSR count). The highest BCUT2D eigenvalue weighted by atomic mass is 16.5. The number of ether oxygens (including phenoxy) is 1. The molecule has 3 aromatic rings. The molecule has 0 radical (unpaired) electrons. The van der Waals surface area contributed by atoms with E-state index in [1.807, 2.05) is 42.5 Å². The van der Waals surface area contributed by atoms with Crippen LogP contribution in [0.3, 0.4) is 0 Å². The molecule has 2 aliphatic heterocycles. The van der Waals surface area contributed by atoms with Gasteiger partial charge in [-0.15, -0.1) is 0 Å². The molecule has 2 heterocycles. The second-order valence-electron chi connectivity index (χ2n) is 9.55. The zero-order valence-electron chi connectivity index (χ0n) is 20.5. The summed E-state index contributed by atoms with van der Waals surface area (Å²) in [5.74, 6) is -0.205. The van der Waals surface area contributed by atoms with Crippen molar-refractivity contribution in [1.29, 1.82) is 0 Å². The van der Waals surface area contributed by atoms with Crippen molar-refractivity contribution in [3.05, 3.63) is 95.1 Å². The Bertz CT molecular complexity index is 1210. The summed E-state index contributed by atoms with van der Waals surface area (Å²) < 4.78 is 5.68. The molecule has 6 nitrogen and oxygen atoms in total. The van der Waals surface area contributed by atoms with E-state index in [4.69, 9.17) is 4.74 Å². The van der Waals surface area contributed by atoms with Crippen LogP contribution in [-0.2, 0) is 28.9 Å². The molecule has 186 valence electrons. The lowest BCUT2D eigenvalue weighted by Crippen LogP contribution is -2.35. The fraction of sp³-hybridized carbons (Fsp3) is 0.333. The van der Waals surface area contributed by atoms with Crippen molar-refractivity contribution in [3.63, 3.8) is 0 Å². The van der Waals surface area contributed by atoms with E-state index in [2.05, 4.69) is 39.8 Å². The third kappa shape index (κ3) is 5.94. The Hall–Kier alpha value is -3.64. The third-order valence-corrected chi connectivity index (χ3v) is 6.99. The molecule has 36 heavy (non-hydrogen) atoms. The number of hydrogen-bond donors (Lipinski definition) is 2. The lowest BCUT2D eigenvalue weighted by atomic mass is 9.98. The van der Waals surface area contributed by atoms with Gasteiger partial charge in [-0.25, -0.2) is 0 Å². The van der Waals surface area contributed by atoms with E-state index in [1.165, 1.54) is 11.1 Å². The number of carbonyl (C=O) groups excluding carboxylic acids is 2. The molecular formula is C30H33N3O3. The SMILES string of the molecule is O=C(CCc1ccccc1)Nc1ccc(N2CCc3ccccc3C2)c(C(=O)NCC2CCCO2)c1. The minimum Gasteiger partial charge on any atom is -0.376 e. The highest BCUT2D eigenvalue weighted by Gasteiger charge is 2.23. The Morgan fingerprint density at radius 1 is 0.972 bits per heavy atom. The molecule has 0 saturated carbocycles. The highest BCUT2D eigenvalue weighted by molar-refractivity contribution is 6.02. The second-order valence-corrected chi connectivity index (χ2v) is 9.55. The summed E-state index contributed by atoms with van der Waals surface area (Å²) in [4.78, 5) is 28.3. The van der Waals surface area contributed by atoms with Crippen LogP contribution in [-0.4, -0.2) is 37.6 Å². The van der Waals surface area contributed by atoms with Gasteiger partial charge in [-0.2, -0.15) is 0 Å². The van der Waals surface area contributed by atoms with Gasteiger partial charge in [0.2, 0.25) is 5.91 Å². The molecule has 6 heteroatoms. The van der Waals surface area contributed by atoms with Gasteiger partial charge in [0.25, 0.3) is 5.91 Å². The van der Waals surface area contributed by atoms with E-state index < -0.39 is 0 Å². The number of anilines is 2. The van der Waals surface area contributed by atoms with E-state index >= 15 is 0 Å². The Morgan fingerprint density at radius 2 is 1.78 bits per heavy atom. The first-order chi connectivity index (χ1) is 17.7. The summed E-state index contributed by atoms with van der Waals surface area (Å²) in [6.07, 6.45) is 4.06. The van der Waals surface area contributed by atoms with E-state index in [1.54, 1.807) is 6.07 Å². The first-order valence-corrected chi connectivity index (χ1v) is 12.8. The van der Waals surface area contributed by atoms with Crippen LogP contribution < -0.4 is 15.5 Å². The number of hydrogen-bond acceptors (Lipinski definition) is 4. The highest BCUT2D eigenvalue weighted by Crippen LogP contribution is 2.30. The van der Waals surface area contributed by atoms with Crippen molar-refractivity contribution in [3.8, 4) is 0 Å². The molecule has 1 fully saturated rings. The largest absolute Gasteiger partial charge is 0.376 e. The van der Waals surface area contributed by atoms with Crippen molar-refractivity contribution in [2.75, 3.05) is 29.9 Å². The Kier molecular flexibility index (Phi) is 7.62. The Labute approximate surface area is 212 Å². The minimum atomic E-state index is -0.139. The zero-order chi connectivity index (χ0) is 24.7. The number of rotatable bonds is 8. The van der Waals surface area contributed by atoms with Crippen LogP contribution in [0.4, 0.5) is 11.4 Å². The maximum absolute atomic E-state index is 13.4. The van der Waals surface area contributed by atoms with Crippen LogP contribution >= 0.6 is 0 Å². The van der Waals surface area contributed by atoms with E-state index in [-0.39, 0.29) is 17.9 Å². The van der Waals surface area contributed by atoms with E-state index in [0.717, 1.165) is 50.2 Å². The number of nitrogens with one attached hydrogen (secondary N) is 2. The predicted octanol–water partition coefficient (Wildman–Crippen LogP) is 4.73. The Balaban J connectivity index is 1.32. The molecule has 0 spiro atoms. The van der Waals surface area contributed by atoms with Crippen molar-refractivity contribution >= 4 is 23.2 Å². The van der Waals surface area contributed by atoms with Gasteiger partial charge in [0.1, 0.15) is 0 Å². The Morgan fingerprint density at radius 3 is 2.58 bits per heavy atom. The number of nitrogens with zero attached hydrogens (tertiary/aromatic N) is 1. The van der Waals surface area contributed by atoms with Crippen LogP contribution in [0.2, 0.25) is 0 Å². The van der Waals surface area contributed by atoms with Crippen LogP contribution in [0.25, 0.3) is 0 Å². The monoisotopic (exact) mass is 483 g/mol. The zero-order valence-corrected chi connectivity index (χ0v) is 20.5. The summed E-state index contributed by atoms with van der Waals surface area (Å²) in [6, 6.07) is 24.1. The predicted molar refractivity (Wildman–Crippen MR) is 142 cm³/mol. The van der Waals surface area contributed by atoms with Gasteiger partial charge in [0.15, 0.2) is 0 Å². The van der Waals surface area contributed by atoms with Gasteiger partial charge in [-0.1, -0.05) is 54.6 Å². The number of amides is 2. The third-order valence-electron chi connectivity index (χ3n) is 6.99. The summed E-state index contributed by atoms with van der Waals surface area (Å²) in [5.41, 5.74) is 5.87. The molecule has 1 atom stereocenters. The van der Waals surface area contributed by atoms with Crippen molar-refractivity contribution < 1.29 is 14.3 Å². The van der Waals surface area contributed by atoms with Gasteiger partial charge in [-0.3, -0.25) is 9.59 Å². The molecular weight excluding hydrogens is 450 g/mol. The molecule has 0 bridgehead atoms. The first kappa shape index (κ1) is 24.1. The summed E-state index contributed by atoms with van der Waals surface area (Å²) in [6.45, 7) is 2.84. The normalized spacial score (nSPS) is 16.9. The van der Waals surface area contributed by atoms with Crippen molar-refractivity contribution in [1.82, 2.24) is 5.32 Å². The number of carbonyl (C=O) groups is 2. The molecule has 0 aliphatic carbocycles. The molecule has 3 aromatic carbocycles. The lowest BCUT2D eigenvalue weighted by molar-refractivity contribution is -0.116. The van der Waals surface area contributed by atoms with Gasteiger partial charge < -0.3 is 20.3 Å². The number of benzene rings is 3. The average molecular weight is 484 g/mol. The second kappa shape index (κ2) is 11.4. The van der Waals surface area contributed by atoms with E-state index in [0.29, 0.717) is 30.6 Å². The molecule has 1 saturated heterocycles. The standard InChI is InChI=1S/C30H33N3O3/c34-29(15-12-22-7-2-1-3-8-22)32-25-13-14-28(33-17-16-23-9-4-5-10-24(23)21-33)27(19-25)30(35)31-20-26-11-6-18-36-26/h1-5,7-10,13-14,19,26H,6,11-12,15-18,20-21H2,(H,31,35)(H,32,34). The maximum atomic E-state index is 13.4. The minimum absolute atomic E-state index is 0.0655. The summed E-state index contributed by atoms with van der Waals surface area (Å²) in [7, 11) is 0. The fourth-order valence-corrected chi connectivity index (χ4v) is 5.01. The molecule has 2 aliphatic rings. The number of aryl methyl sites for hydroxylation is 1. The van der Waals surface area contributed by atoms with Gasteiger partial charge >= 0.3 is 0 Å². The molecule has 2 N–H and O–H groups in total. The fourth-order valence-electron chi connectivity index (χ4n) is 5.01. The van der Waals surface area contributed by atoms with Gasteiger partial charge in [-0.05, 0) is 60.6 Å². The summed E-state index contributed by atoms with van der Waals surface area (Å²) in [5, 5.41) is 6.05. The smallest absolute Gasteiger partial charge is 0.253 e. The first-order valence-electron chi connectivity index (χ1n) is 12.8. The lowest BCUT2D eigenvalue weighted by Gasteiger charge is -2.32. The summed E-state index contributed by atoms with van der Waals surface area (Å²) >= 11 is 0. The number of fused-ring (bicyclic) bond motifs is 1. The average Bonchev–Trinajstić information content (AvgIpc) is 3.45. The van der Waals surface area contributed by atoms with Crippen LogP contribution in [0.15, 0.2) is 72.8 Å². The molecule has 2 amide bonds. The quantitative estimate of drug-likeness (QED) is 0.486. The van der Waals surface area contributed by atoms with E-state index in [9.17, 15) is 9.59 Å².